The van der Waals surface area contributed by atoms with E-state index in [4.69, 9.17) is 10.5 Å². The van der Waals surface area contributed by atoms with Gasteiger partial charge in [-0.05, 0) is 62.4 Å². The molecule has 0 bridgehead atoms. The quantitative estimate of drug-likeness (QED) is 0.765. The van der Waals surface area contributed by atoms with Gasteiger partial charge in [-0.25, -0.2) is 0 Å². The van der Waals surface area contributed by atoms with Crippen LogP contribution in [0.2, 0.25) is 0 Å². The van der Waals surface area contributed by atoms with Crippen LogP contribution in [0.25, 0.3) is 0 Å². The Morgan fingerprint density at radius 1 is 1.12 bits per heavy atom. The lowest BCUT2D eigenvalue weighted by molar-refractivity contribution is -0.136. The number of hydrogen-bond acceptors (Lipinski definition) is 4. The van der Waals surface area contributed by atoms with Gasteiger partial charge in [0.25, 0.3) is 0 Å². The van der Waals surface area contributed by atoms with Gasteiger partial charge in [0.05, 0.1) is 17.9 Å². The van der Waals surface area contributed by atoms with Crippen molar-refractivity contribution in [3.63, 3.8) is 0 Å². The molecule has 0 atom stereocenters. The van der Waals surface area contributed by atoms with E-state index in [0.717, 1.165) is 43.1 Å². The molecule has 0 radical (unpaired) electrons. The summed E-state index contributed by atoms with van der Waals surface area (Å²) < 4.78 is 44.9. The number of ether oxygens (including phenoxy) is 1. The molecule has 1 saturated carbocycles. The zero-order valence-corrected chi connectivity index (χ0v) is 14.5. The zero-order valence-electron chi connectivity index (χ0n) is 14.5. The minimum Gasteiger partial charge on any atom is -0.489 e. The lowest BCUT2D eigenvalue weighted by atomic mass is 9.92. The lowest BCUT2D eigenvalue weighted by Gasteiger charge is -2.30. The summed E-state index contributed by atoms with van der Waals surface area (Å²) in [7, 11) is 0. The minimum absolute atomic E-state index is 0.105. The van der Waals surface area contributed by atoms with E-state index < -0.39 is 11.7 Å². The molecule has 1 aliphatic rings. The number of aryl methyl sites for hydroxylation is 1. The van der Waals surface area contributed by atoms with E-state index in [1.54, 1.807) is 18.5 Å². The number of benzene rings is 1. The number of nitrogen functional groups attached to an aromatic ring is 1. The van der Waals surface area contributed by atoms with Crippen molar-refractivity contribution >= 4 is 11.4 Å². The second-order valence-corrected chi connectivity index (χ2v) is 6.73. The van der Waals surface area contributed by atoms with Crippen LogP contribution in [0, 0.1) is 6.92 Å². The number of nitrogens with zero attached hydrogens (tertiary/aromatic N) is 1. The Balaban J connectivity index is 1.56. The standard InChI is InChI=1S/C19H22F3N3O/c1-12-8-16(11-24-10-12)26-15-5-2-13(3-6-15)25-14-4-7-18(23)17(9-14)19(20,21)22/h4,7-11,13,15,25H,2-3,5-6,23H2,1H3. The van der Waals surface area contributed by atoms with Crippen molar-refractivity contribution in [3.05, 3.63) is 47.8 Å². The van der Waals surface area contributed by atoms with Gasteiger partial charge in [-0.3, -0.25) is 4.98 Å². The van der Waals surface area contributed by atoms with Crippen LogP contribution in [0.5, 0.6) is 5.75 Å². The van der Waals surface area contributed by atoms with E-state index in [9.17, 15) is 13.2 Å². The maximum absolute atomic E-state index is 13.0. The molecule has 140 valence electrons. The molecule has 2 aromatic rings. The summed E-state index contributed by atoms with van der Waals surface area (Å²) in [5.74, 6) is 0.759. The summed E-state index contributed by atoms with van der Waals surface area (Å²) in [6.45, 7) is 1.96. The van der Waals surface area contributed by atoms with Crippen molar-refractivity contribution in [2.24, 2.45) is 0 Å². The molecule has 0 aliphatic heterocycles. The van der Waals surface area contributed by atoms with Gasteiger partial charge in [0.15, 0.2) is 0 Å². The van der Waals surface area contributed by atoms with Crippen molar-refractivity contribution in [3.8, 4) is 5.75 Å². The van der Waals surface area contributed by atoms with Crippen molar-refractivity contribution in [2.45, 2.75) is 50.9 Å². The number of hydrogen-bond donors (Lipinski definition) is 2. The van der Waals surface area contributed by atoms with Crippen LogP contribution in [0.3, 0.4) is 0 Å². The van der Waals surface area contributed by atoms with Gasteiger partial charge < -0.3 is 15.8 Å². The van der Waals surface area contributed by atoms with E-state index >= 15 is 0 Å². The predicted molar refractivity (Wildman–Crippen MR) is 95.1 cm³/mol. The SMILES string of the molecule is Cc1cncc(OC2CCC(Nc3ccc(N)c(C(F)(F)F)c3)CC2)c1. The maximum atomic E-state index is 13.0. The highest BCUT2D eigenvalue weighted by Crippen LogP contribution is 2.35. The van der Waals surface area contributed by atoms with E-state index in [-0.39, 0.29) is 17.8 Å². The summed E-state index contributed by atoms with van der Waals surface area (Å²) >= 11 is 0. The van der Waals surface area contributed by atoms with Crippen LogP contribution in [-0.4, -0.2) is 17.1 Å². The van der Waals surface area contributed by atoms with Gasteiger partial charge in [0.2, 0.25) is 0 Å². The molecule has 0 amide bonds. The van der Waals surface area contributed by atoms with Crippen molar-refractivity contribution < 1.29 is 17.9 Å². The lowest BCUT2D eigenvalue weighted by Crippen LogP contribution is -2.31. The molecule has 26 heavy (non-hydrogen) atoms. The molecule has 3 N–H and O–H groups in total. The summed E-state index contributed by atoms with van der Waals surface area (Å²) in [5.41, 5.74) is 5.87. The molecule has 1 fully saturated rings. The molecule has 3 rings (SSSR count). The second-order valence-electron chi connectivity index (χ2n) is 6.73. The first kappa shape index (κ1) is 18.4. The van der Waals surface area contributed by atoms with Crippen molar-refractivity contribution in [1.29, 1.82) is 0 Å². The smallest absolute Gasteiger partial charge is 0.418 e. The molecule has 0 spiro atoms. The summed E-state index contributed by atoms with van der Waals surface area (Å²) in [5, 5.41) is 3.19. The fraction of sp³-hybridized carbons (Fsp3) is 0.421. The normalized spacial score (nSPS) is 20.6. The van der Waals surface area contributed by atoms with E-state index in [1.165, 1.54) is 6.07 Å². The number of nitrogens with one attached hydrogen (secondary N) is 1. The number of anilines is 2. The average Bonchev–Trinajstić information content (AvgIpc) is 2.57. The fourth-order valence-electron chi connectivity index (χ4n) is 3.24. The van der Waals surface area contributed by atoms with E-state index in [0.29, 0.717) is 5.69 Å². The first-order chi connectivity index (χ1) is 12.3. The monoisotopic (exact) mass is 365 g/mol. The maximum Gasteiger partial charge on any atom is 0.418 e. The van der Waals surface area contributed by atoms with Gasteiger partial charge in [0.1, 0.15) is 5.75 Å². The number of nitrogens with two attached hydrogens (primary N) is 1. The molecule has 7 heteroatoms. The number of alkyl halides is 3. The third-order valence-electron chi connectivity index (χ3n) is 4.56. The van der Waals surface area contributed by atoms with Crippen LogP contribution in [0.4, 0.5) is 24.5 Å². The fourth-order valence-corrected chi connectivity index (χ4v) is 3.24. The van der Waals surface area contributed by atoms with Crippen molar-refractivity contribution in [2.75, 3.05) is 11.1 Å². The Bertz CT molecular complexity index is 756. The molecular weight excluding hydrogens is 343 g/mol. The third-order valence-corrected chi connectivity index (χ3v) is 4.56. The molecule has 1 aromatic heterocycles. The summed E-state index contributed by atoms with van der Waals surface area (Å²) in [6.07, 6.45) is 2.47. The Morgan fingerprint density at radius 2 is 1.85 bits per heavy atom. The number of aromatic nitrogens is 1. The minimum atomic E-state index is -4.45. The van der Waals surface area contributed by atoms with Crippen LogP contribution >= 0.6 is 0 Å². The molecule has 0 saturated heterocycles. The van der Waals surface area contributed by atoms with Gasteiger partial charge in [-0.15, -0.1) is 0 Å². The van der Waals surface area contributed by atoms with Crippen LogP contribution < -0.4 is 15.8 Å². The molecule has 4 nitrogen and oxygen atoms in total. The van der Waals surface area contributed by atoms with E-state index in [2.05, 4.69) is 10.3 Å². The topological polar surface area (TPSA) is 60.2 Å². The third kappa shape index (κ3) is 4.59. The zero-order chi connectivity index (χ0) is 18.7. The van der Waals surface area contributed by atoms with Gasteiger partial charge in [-0.1, -0.05) is 0 Å². The van der Waals surface area contributed by atoms with Crippen LogP contribution in [-0.2, 0) is 6.18 Å². The highest BCUT2D eigenvalue weighted by Gasteiger charge is 2.33. The predicted octanol–water partition coefficient (Wildman–Crippen LogP) is 4.79. The van der Waals surface area contributed by atoms with Crippen molar-refractivity contribution in [1.82, 2.24) is 4.98 Å². The molecule has 1 heterocycles. The number of halogens is 3. The summed E-state index contributed by atoms with van der Waals surface area (Å²) in [4.78, 5) is 4.12. The Kier molecular flexibility index (Phi) is 5.25. The Labute approximate surface area is 150 Å². The molecule has 1 aliphatic carbocycles. The van der Waals surface area contributed by atoms with Gasteiger partial charge in [-0.2, -0.15) is 13.2 Å². The highest BCUT2D eigenvalue weighted by atomic mass is 19.4. The summed E-state index contributed by atoms with van der Waals surface area (Å²) in [6, 6.07) is 6.03. The molecule has 0 unspecified atom stereocenters. The molecular formula is C19H22F3N3O. The van der Waals surface area contributed by atoms with Gasteiger partial charge in [0, 0.05) is 23.6 Å². The molecule has 1 aromatic carbocycles. The van der Waals surface area contributed by atoms with E-state index in [1.807, 2.05) is 13.0 Å². The Morgan fingerprint density at radius 3 is 2.50 bits per heavy atom. The largest absolute Gasteiger partial charge is 0.489 e. The second kappa shape index (κ2) is 7.43. The average molecular weight is 365 g/mol. The highest BCUT2D eigenvalue weighted by molar-refractivity contribution is 5.58. The first-order valence-electron chi connectivity index (χ1n) is 8.63. The Hall–Kier alpha value is -2.44. The number of pyridine rings is 1. The number of rotatable bonds is 4. The van der Waals surface area contributed by atoms with Gasteiger partial charge >= 0.3 is 6.18 Å². The first-order valence-corrected chi connectivity index (χ1v) is 8.63. The van der Waals surface area contributed by atoms with Crippen LogP contribution in [0.1, 0.15) is 36.8 Å². The van der Waals surface area contributed by atoms with Crippen LogP contribution in [0.15, 0.2) is 36.7 Å².